The van der Waals surface area contributed by atoms with Crippen molar-refractivity contribution < 1.29 is 4.79 Å². The summed E-state index contributed by atoms with van der Waals surface area (Å²) >= 11 is 5.82. The molecule has 2 aliphatic carbocycles. The van der Waals surface area contributed by atoms with Crippen LogP contribution >= 0.6 is 11.6 Å². The van der Waals surface area contributed by atoms with Gasteiger partial charge in [-0.3, -0.25) is 4.79 Å². The molecule has 0 spiro atoms. The fourth-order valence-corrected chi connectivity index (χ4v) is 3.71. The van der Waals surface area contributed by atoms with Crippen LogP contribution in [-0.2, 0) is 0 Å². The molecule has 1 N–H and O–H groups in total. The third-order valence-electron chi connectivity index (χ3n) is 4.79. The third-order valence-corrected chi connectivity index (χ3v) is 5.04. The molecule has 0 radical (unpaired) electrons. The highest BCUT2D eigenvalue weighted by atomic mass is 35.5. The van der Waals surface area contributed by atoms with Gasteiger partial charge < -0.3 is 0 Å². The van der Waals surface area contributed by atoms with Gasteiger partial charge in [0, 0.05) is 16.3 Å². The lowest BCUT2D eigenvalue weighted by Crippen LogP contribution is -2.29. The molecule has 2 aliphatic rings. The Balaban J connectivity index is 1.58. The minimum Gasteiger partial charge on any atom is -0.267 e. The first-order valence-corrected chi connectivity index (χ1v) is 8.21. The lowest BCUT2D eigenvalue weighted by atomic mass is 9.70. The Bertz CT molecular complexity index is 538. The van der Waals surface area contributed by atoms with Crippen molar-refractivity contribution in [3.63, 3.8) is 0 Å². The first-order valence-electron chi connectivity index (χ1n) is 7.84. The number of carbonyl (C=O) groups is 1. The molecule has 1 aromatic rings. The van der Waals surface area contributed by atoms with Crippen LogP contribution in [0.2, 0.25) is 5.02 Å². The molecule has 1 aromatic carbocycles. The van der Waals surface area contributed by atoms with Gasteiger partial charge in [-0.2, -0.15) is 5.10 Å². The van der Waals surface area contributed by atoms with E-state index in [1.54, 1.807) is 24.3 Å². The van der Waals surface area contributed by atoms with E-state index in [2.05, 4.69) is 10.5 Å². The second kappa shape index (κ2) is 6.61. The van der Waals surface area contributed by atoms with Crippen molar-refractivity contribution in [3.8, 4) is 0 Å². The zero-order valence-corrected chi connectivity index (χ0v) is 12.9. The summed E-state index contributed by atoms with van der Waals surface area (Å²) in [7, 11) is 0. The summed E-state index contributed by atoms with van der Waals surface area (Å²) in [4.78, 5) is 12.0. The van der Waals surface area contributed by atoms with E-state index in [1.165, 1.54) is 32.1 Å². The number of hydrogen-bond acceptors (Lipinski definition) is 2. The number of amides is 1. The van der Waals surface area contributed by atoms with Crippen LogP contribution in [0.1, 0.15) is 55.3 Å². The summed E-state index contributed by atoms with van der Waals surface area (Å²) in [5.41, 5.74) is 4.44. The summed E-state index contributed by atoms with van der Waals surface area (Å²) < 4.78 is 0. The number of carbonyl (C=O) groups excluding carboxylic acids is 1. The number of benzene rings is 1. The summed E-state index contributed by atoms with van der Waals surface area (Å²) in [6.07, 6.45) is 8.78. The zero-order valence-electron chi connectivity index (χ0n) is 12.1. The number of halogens is 1. The zero-order chi connectivity index (χ0) is 14.7. The SMILES string of the molecule is O=C(N/N=C1/CC[C@@H]2CCCC[C@@H]2C1)c1ccc(Cl)cc1. The molecule has 21 heavy (non-hydrogen) atoms. The van der Waals surface area contributed by atoms with Crippen molar-refractivity contribution >= 4 is 23.2 Å². The van der Waals surface area contributed by atoms with Crippen LogP contribution in [-0.4, -0.2) is 11.6 Å². The van der Waals surface area contributed by atoms with Crippen molar-refractivity contribution in [2.45, 2.75) is 44.9 Å². The minimum atomic E-state index is -0.162. The molecule has 0 saturated heterocycles. The number of hydrazone groups is 1. The first kappa shape index (κ1) is 14.6. The van der Waals surface area contributed by atoms with Crippen LogP contribution in [0.4, 0.5) is 0 Å². The third kappa shape index (κ3) is 3.65. The van der Waals surface area contributed by atoms with Crippen LogP contribution < -0.4 is 5.43 Å². The van der Waals surface area contributed by atoms with Crippen molar-refractivity contribution in [1.82, 2.24) is 5.43 Å². The Morgan fingerprint density at radius 2 is 1.81 bits per heavy atom. The van der Waals surface area contributed by atoms with Crippen LogP contribution in [0.3, 0.4) is 0 Å². The fourth-order valence-electron chi connectivity index (χ4n) is 3.59. The van der Waals surface area contributed by atoms with Crippen LogP contribution in [0.5, 0.6) is 0 Å². The normalized spacial score (nSPS) is 27.2. The second-order valence-corrected chi connectivity index (χ2v) is 6.61. The van der Waals surface area contributed by atoms with Gasteiger partial charge >= 0.3 is 0 Å². The Morgan fingerprint density at radius 1 is 1.10 bits per heavy atom. The number of rotatable bonds is 2. The highest BCUT2D eigenvalue weighted by molar-refractivity contribution is 6.30. The maximum Gasteiger partial charge on any atom is 0.271 e. The summed E-state index contributed by atoms with van der Waals surface area (Å²) in [6.45, 7) is 0. The molecule has 2 atom stereocenters. The van der Waals surface area contributed by atoms with E-state index in [9.17, 15) is 4.79 Å². The molecule has 0 bridgehead atoms. The highest BCUT2D eigenvalue weighted by Gasteiger charge is 2.30. The number of nitrogens with one attached hydrogen (secondary N) is 1. The Labute approximate surface area is 130 Å². The molecule has 0 unspecified atom stereocenters. The second-order valence-electron chi connectivity index (χ2n) is 6.17. The predicted octanol–water partition coefficient (Wildman–Crippen LogP) is 4.42. The highest BCUT2D eigenvalue weighted by Crippen LogP contribution is 2.39. The van der Waals surface area contributed by atoms with Gasteiger partial charge in [-0.15, -0.1) is 0 Å². The average Bonchev–Trinajstić information content (AvgIpc) is 2.53. The van der Waals surface area contributed by atoms with E-state index in [4.69, 9.17) is 11.6 Å². The van der Waals surface area contributed by atoms with Crippen molar-refractivity contribution in [3.05, 3.63) is 34.9 Å². The monoisotopic (exact) mass is 304 g/mol. The van der Waals surface area contributed by atoms with Crippen molar-refractivity contribution in [1.29, 1.82) is 0 Å². The fraction of sp³-hybridized carbons (Fsp3) is 0.529. The van der Waals surface area contributed by atoms with Gasteiger partial charge in [-0.1, -0.05) is 30.9 Å². The van der Waals surface area contributed by atoms with E-state index in [0.29, 0.717) is 10.6 Å². The van der Waals surface area contributed by atoms with Crippen molar-refractivity contribution in [2.24, 2.45) is 16.9 Å². The molecule has 0 aromatic heterocycles. The molecule has 4 heteroatoms. The van der Waals surface area contributed by atoms with E-state index in [1.807, 2.05) is 0 Å². The van der Waals surface area contributed by atoms with Gasteiger partial charge in [0.25, 0.3) is 5.91 Å². The van der Waals surface area contributed by atoms with Gasteiger partial charge in [-0.05, 0) is 61.8 Å². The Morgan fingerprint density at radius 3 is 2.57 bits per heavy atom. The summed E-state index contributed by atoms with van der Waals surface area (Å²) in [5, 5.41) is 4.99. The maximum absolute atomic E-state index is 12.0. The molecule has 3 rings (SSSR count). The topological polar surface area (TPSA) is 41.5 Å². The largest absolute Gasteiger partial charge is 0.271 e. The molecule has 3 nitrogen and oxygen atoms in total. The van der Waals surface area contributed by atoms with Crippen LogP contribution in [0.15, 0.2) is 29.4 Å². The molecule has 1 amide bonds. The van der Waals surface area contributed by atoms with E-state index >= 15 is 0 Å². The smallest absolute Gasteiger partial charge is 0.267 e. The first-order chi connectivity index (χ1) is 10.2. The number of hydrogen-bond donors (Lipinski definition) is 1. The Kier molecular flexibility index (Phi) is 4.59. The molecule has 0 aliphatic heterocycles. The molecule has 0 heterocycles. The van der Waals surface area contributed by atoms with E-state index in [-0.39, 0.29) is 5.91 Å². The average molecular weight is 305 g/mol. The molecule has 112 valence electrons. The Hall–Kier alpha value is -1.35. The van der Waals surface area contributed by atoms with Crippen molar-refractivity contribution in [2.75, 3.05) is 0 Å². The van der Waals surface area contributed by atoms with Crippen LogP contribution in [0, 0.1) is 11.8 Å². The number of fused-ring (bicyclic) bond motifs is 1. The maximum atomic E-state index is 12.0. The predicted molar refractivity (Wildman–Crippen MR) is 85.7 cm³/mol. The van der Waals surface area contributed by atoms with Gasteiger partial charge in [0.15, 0.2) is 0 Å². The summed E-state index contributed by atoms with van der Waals surface area (Å²) in [5.74, 6) is 1.52. The van der Waals surface area contributed by atoms with Gasteiger partial charge in [0.2, 0.25) is 0 Å². The van der Waals surface area contributed by atoms with E-state index in [0.717, 1.165) is 30.4 Å². The quantitative estimate of drug-likeness (QED) is 0.808. The molecular weight excluding hydrogens is 284 g/mol. The summed E-state index contributed by atoms with van der Waals surface area (Å²) in [6, 6.07) is 6.87. The molecule has 2 fully saturated rings. The standard InChI is InChI=1S/C17H21ClN2O/c18-15-8-5-13(6-9-15)17(21)20-19-16-10-7-12-3-1-2-4-14(12)11-16/h5-6,8-9,12,14H,1-4,7,10-11H2,(H,20,21)/b19-16-/t12-,14+/m0/s1. The van der Waals surface area contributed by atoms with Gasteiger partial charge in [0.1, 0.15) is 0 Å². The van der Waals surface area contributed by atoms with E-state index < -0.39 is 0 Å². The minimum absolute atomic E-state index is 0.162. The van der Waals surface area contributed by atoms with Gasteiger partial charge in [0.05, 0.1) is 0 Å². The molecule has 2 saturated carbocycles. The lowest BCUT2D eigenvalue weighted by Gasteiger charge is -2.35. The number of nitrogens with zero attached hydrogens (tertiary/aromatic N) is 1. The van der Waals surface area contributed by atoms with Crippen LogP contribution in [0.25, 0.3) is 0 Å². The molecular formula is C17H21ClN2O. The lowest BCUT2D eigenvalue weighted by molar-refractivity contribution is 0.0954. The van der Waals surface area contributed by atoms with Gasteiger partial charge in [-0.25, -0.2) is 5.43 Å².